The molecule has 2 rings (SSSR count). The lowest BCUT2D eigenvalue weighted by molar-refractivity contribution is -0.170. The Morgan fingerprint density at radius 2 is 1.91 bits per heavy atom. The molecule has 2 amide bonds. The van der Waals surface area contributed by atoms with Crippen LogP contribution in [0.3, 0.4) is 0 Å². The highest BCUT2D eigenvalue weighted by molar-refractivity contribution is 5.89. The molecule has 0 saturated carbocycles. The fourth-order valence-corrected chi connectivity index (χ4v) is 3.81. The quantitative estimate of drug-likeness (QED) is 0.281. The van der Waals surface area contributed by atoms with Gasteiger partial charge in [0, 0.05) is 7.05 Å². The van der Waals surface area contributed by atoms with Gasteiger partial charge in [-0.3, -0.25) is 24.4 Å². The van der Waals surface area contributed by atoms with Crippen molar-refractivity contribution in [3.05, 3.63) is 40.4 Å². The molecule has 0 bridgehead atoms. The largest absolute Gasteiger partial charge is 0.370 e. The van der Waals surface area contributed by atoms with Crippen LogP contribution in [0.15, 0.2) is 29.3 Å². The van der Waals surface area contributed by atoms with E-state index in [1.54, 1.807) is 23.8 Å². The first-order chi connectivity index (χ1) is 16.5. The van der Waals surface area contributed by atoms with Gasteiger partial charge in [-0.1, -0.05) is 46.3 Å². The molecule has 0 saturated heterocycles. The minimum atomic E-state index is -0.759. The zero-order valence-corrected chi connectivity index (χ0v) is 21.2. The van der Waals surface area contributed by atoms with Crippen LogP contribution >= 0.6 is 0 Å². The van der Waals surface area contributed by atoms with Gasteiger partial charge in [0.1, 0.15) is 6.04 Å². The van der Waals surface area contributed by atoms with Crippen molar-refractivity contribution in [3.8, 4) is 0 Å². The number of nitrogens with zero attached hydrogens (tertiary/aromatic N) is 1. The third kappa shape index (κ3) is 8.10. The molecule has 11 heteroatoms. The molecule has 0 spiro atoms. The summed E-state index contributed by atoms with van der Waals surface area (Å²) in [6, 6.07) is 4.43. The first kappa shape index (κ1) is 28.4. The van der Waals surface area contributed by atoms with E-state index in [4.69, 9.17) is 14.8 Å². The normalized spacial score (nSPS) is 14.5. The second-order valence-corrected chi connectivity index (χ2v) is 9.99. The average Bonchev–Trinajstić information content (AvgIpc) is 2.80. The van der Waals surface area contributed by atoms with Crippen LogP contribution in [-0.2, 0) is 25.8 Å². The van der Waals surface area contributed by atoms with Crippen LogP contribution < -0.4 is 21.8 Å². The number of amides is 2. The monoisotopic (exact) mass is 491 g/mol. The van der Waals surface area contributed by atoms with Gasteiger partial charge in [0.05, 0.1) is 42.5 Å². The molecule has 2 aromatic rings. The minimum Gasteiger partial charge on any atom is -0.370 e. The Bertz CT molecular complexity index is 1050. The summed E-state index contributed by atoms with van der Waals surface area (Å²) >= 11 is 0. The Balaban J connectivity index is 2.29. The highest BCUT2D eigenvalue weighted by Gasteiger charge is 2.37. The van der Waals surface area contributed by atoms with Crippen LogP contribution in [0.2, 0.25) is 0 Å². The van der Waals surface area contributed by atoms with E-state index in [-0.39, 0.29) is 36.5 Å². The van der Waals surface area contributed by atoms with E-state index in [2.05, 4.69) is 20.6 Å². The lowest BCUT2D eigenvalue weighted by atomic mass is 9.84. The van der Waals surface area contributed by atoms with Gasteiger partial charge in [-0.15, -0.1) is 0 Å². The number of H-pyrrole nitrogens is 1. The number of carbonyl (C=O) groups is 2. The van der Waals surface area contributed by atoms with Crippen LogP contribution in [-0.4, -0.2) is 52.8 Å². The van der Waals surface area contributed by atoms with Crippen LogP contribution in [0.5, 0.6) is 0 Å². The van der Waals surface area contributed by atoms with Crippen molar-refractivity contribution in [2.45, 2.75) is 59.8 Å². The van der Waals surface area contributed by atoms with Crippen molar-refractivity contribution in [1.29, 1.82) is 0 Å². The molecule has 5 N–H and O–H groups in total. The van der Waals surface area contributed by atoms with Crippen molar-refractivity contribution in [2.24, 2.45) is 17.3 Å². The number of hydrogen-bond donors (Lipinski definition) is 5. The average molecular weight is 492 g/mol. The van der Waals surface area contributed by atoms with E-state index in [0.717, 1.165) is 0 Å². The van der Waals surface area contributed by atoms with E-state index in [1.807, 2.05) is 34.6 Å². The lowest BCUT2D eigenvalue weighted by Gasteiger charge is -2.33. The molecular formula is C24H37N5O6. The highest BCUT2D eigenvalue weighted by atomic mass is 16.8. The van der Waals surface area contributed by atoms with Crippen molar-refractivity contribution in [2.75, 3.05) is 13.7 Å². The van der Waals surface area contributed by atoms with Gasteiger partial charge in [-0.25, -0.2) is 4.98 Å². The predicted molar refractivity (Wildman–Crippen MR) is 130 cm³/mol. The zero-order chi connectivity index (χ0) is 26.2. The zero-order valence-electron chi connectivity index (χ0n) is 21.2. The molecule has 0 aliphatic rings. The van der Waals surface area contributed by atoms with Gasteiger partial charge in [0.2, 0.25) is 11.8 Å². The molecule has 0 radical (unpaired) electrons. The highest BCUT2D eigenvalue weighted by Crippen LogP contribution is 2.24. The van der Waals surface area contributed by atoms with Crippen LogP contribution in [0.1, 0.15) is 46.6 Å². The number of aromatic nitrogens is 2. The van der Waals surface area contributed by atoms with Gasteiger partial charge >= 0.3 is 0 Å². The van der Waals surface area contributed by atoms with Crippen LogP contribution in [0, 0.1) is 17.3 Å². The van der Waals surface area contributed by atoms with Crippen molar-refractivity contribution < 1.29 is 24.4 Å². The Hall–Kier alpha value is -2.86. The first-order valence-electron chi connectivity index (χ1n) is 11.6. The second-order valence-electron chi connectivity index (χ2n) is 9.99. The summed E-state index contributed by atoms with van der Waals surface area (Å²) in [7, 11) is 1.52. The number of hydrogen-bond acceptors (Lipinski definition) is 8. The third-order valence-electron chi connectivity index (χ3n) is 5.65. The number of aromatic amines is 1. The maximum atomic E-state index is 13.4. The number of carbonyl (C=O) groups excluding carboxylic acids is 2. The van der Waals surface area contributed by atoms with Crippen molar-refractivity contribution in [1.82, 2.24) is 26.2 Å². The topological polar surface area (TPSA) is 155 Å². The number of nitrogens with one attached hydrogen (secondary N) is 4. The molecule has 194 valence electrons. The van der Waals surface area contributed by atoms with Crippen LogP contribution in [0.25, 0.3) is 10.9 Å². The Morgan fingerprint density at radius 3 is 2.51 bits per heavy atom. The first-order valence-corrected chi connectivity index (χ1v) is 11.6. The van der Waals surface area contributed by atoms with Crippen molar-refractivity contribution >= 4 is 22.7 Å². The van der Waals surface area contributed by atoms with Gasteiger partial charge < -0.3 is 20.4 Å². The summed E-state index contributed by atoms with van der Waals surface area (Å²) in [4.78, 5) is 49.7. The van der Waals surface area contributed by atoms with E-state index in [1.165, 1.54) is 13.4 Å². The smallest absolute Gasteiger partial charge is 0.258 e. The molecule has 0 aliphatic heterocycles. The van der Waals surface area contributed by atoms with E-state index in [0.29, 0.717) is 22.9 Å². The summed E-state index contributed by atoms with van der Waals surface area (Å²) in [6.45, 7) is 9.52. The minimum absolute atomic E-state index is 0.0871. The molecular weight excluding hydrogens is 454 g/mol. The third-order valence-corrected chi connectivity index (χ3v) is 5.65. The molecule has 3 atom stereocenters. The molecule has 0 fully saturated rings. The standard InChI is InChI=1S/C24H37N5O6/c1-14(2)9-17(22(31)28-20(23(32)25-6)24(3,4)5)19(12-35-29-33)34-11-15-7-8-18-16(10-15)21(30)27-13-26-18/h7-8,10,13-14,17,19-20,29,33H,9,11-12H2,1-6H3,(H,25,32)(H,28,31)(H,26,27,30)/t17-,19?,20-/m1/s1. The fraction of sp³-hybridized carbons (Fsp3) is 0.583. The molecule has 1 heterocycles. The maximum Gasteiger partial charge on any atom is 0.258 e. The van der Waals surface area contributed by atoms with Crippen molar-refractivity contribution in [3.63, 3.8) is 0 Å². The summed E-state index contributed by atoms with van der Waals surface area (Å²) < 4.78 is 6.09. The Kier molecular flexibility index (Phi) is 10.3. The van der Waals surface area contributed by atoms with Gasteiger partial charge in [-0.05, 0) is 35.4 Å². The van der Waals surface area contributed by atoms with Gasteiger partial charge in [-0.2, -0.15) is 0 Å². The summed E-state index contributed by atoms with van der Waals surface area (Å²) in [6.07, 6.45) is 1.04. The number of ether oxygens (including phenoxy) is 1. The molecule has 11 nitrogen and oxygen atoms in total. The maximum absolute atomic E-state index is 13.4. The SMILES string of the molecule is CNC(=O)[C@@H](NC(=O)[C@H](CC(C)C)C(CONO)OCc1ccc2nc[nH]c(=O)c2c1)C(C)(C)C. The predicted octanol–water partition coefficient (Wildman–Crippen LogP) is 1.66. The molecule has 1 aromatic carbocycles. The number of benzene rings is 1. The summed E-state index contributed by atoms with van der Waals surface area (Å²) in [5.41, 5.74) is 2.12. The lowest BCUT2D eigenvalue weighted by Crippen LogP contribution is -2.55. The van der Waals surface area contributed by atoms with E-state index < -0.39 is 23.5 Å². The number of fused-ring (bicyclic) bond motifs is 1. The Labute approximate surface area is 204 Å². The number of likely N-dealkylation sites (N-methyl/N-ethyl adjacent to an activating group) is 1. The molecule has 0 aliphatic carbocycles. The number of rotatable bonds is 12. The molecule has 35 heavy (non-hydrogen) atoms. The van der Waals surface area contributed by atoms with Gasteiger partial charge in [0.25, 0.3) is 5.56 Å². The fourth-order valence-electron chi connectivity index (χ4n) is 3.81. The summed E-state index contributed by atoms with van der Waals surface area (Å²) in [5, 5.41) is 14.9. The molecule has 1 unspecified atom stereocenters. The van der Waals surface area contributed by atoms with E-state index >= 15 is 0 Å². The Morgan fingerprint density at radius 1 is 1.20 bits per heavy atom. The van der Waals surface area contributed by atoms with Crippen LogP contribution in [0.4, 0.5) is 0 Å². The second kappa shape index (κ2) is 12.7. The molecule has 1 aromatic heterocycles. The van der Waals surface area contributed by atoms with Gasteiger partial charge in [0.15, 0.2) is 0 Å². The summed E-state index contributed by atoms with van der Waals surface area (Å²) in [5.74, 6) is -1.19. The van der Waals surface area contributed by atoms with E-state index in [9.17, 15) is 14.4 Å².